The third-order valence-electron chi connectivity index (χ3n) is 5.14. The Bertz CT molecular complexity index is 416. The highest BCUT2D eigenvalue weighted by atomic mass is 32.2. The molecule has 7 heteroatoms. The van der Waals surface area contributed by atoms with Crippen LogP contribution in [0.4, 0.5) is 0 Å². The van der Waals surface area contributed by atoms with E-state index in [2.05, 4.69) is 13.8 Å². The van der Waals surface area contributed by atoms with E-state index in [0.29, 0.717) is 26.2 Å². The largest absolute Gasteiger partial charge is 0.748 e. The second-order valence-electron chi connectivity index (χ2n) is 7.58. The summed E-state index contributed by atoms with van der Waals surface area (Å²) in [7, 11) is -2.48. The van der Waals surface area contributed by atoms with E-state index in [1.54, 1.807) is 7.11 Å². The Morgan fingerprint density at radius 2 is 1.30 bits per heavy atom. The monoisotopic (exact) mass is 409 g/mol. The second-order valence-corrected chi connectivity index (χ2v) is 9.10. The van der Waals surface area contributed by atoms with E-state index >= 15 is 0 Å². The molecule has 164 valence electrons. The predicted octanol–water partition coefficient (Wildman–Crippen LogP) is 3.56. The number of rotatable bonds is 20. The number of quaternary nitrogens is 1. The van der Waals surface area contributed by atoms with Crippen molar-refractivity contribution in [3.05, 3.63) is 0 Å². The molecule has 0 atom stereocenters. The molecule has 6 nitrogen and oxygen atoms in total. The van der Waals surface area contributed by atoms with Crippen molar-refractivity contribution in [2.75, 3.05) is 58.9 Å². The summed E-state index contributed by atoms with van der Waals surface area (Å²) in [5, 5.41) is 0. The number of unbranched alkanes of at least 4 members (excludes halogenated alkanes) is 6. The molecule has 0 unspecified atom stereocenters. The summed E-state index contributed by atoms with van der Waals surface area (Å²) in [6, 6.07) is 0. The van der Waals surface area contributed by atoms with E-state index in [1.165, 1.54) is 38.5 Å². The molecule has 0 heterocycles. The van der Waals surface area contributed by atoms with E-state index in [9.17, 15) is 13.0 Å². The highest BCUT2D eigenvalue weighted by molar-refractivity contribution is 7.85. The molecule has 0 spiro atoms. The average molecular weight is 410 g/mol. The summed E-state index contributed by atoms with van der Waals surface area (Å²) >= 11 is 0. The first-order chi connectivity index (χ1) is 12.9. The van der Waals surface area contributed by atoms with Gasteiger partial charge >= 0.3 is 0 Å². The van der Waals surface area contributed by atoms with Crippen LogP contribution in [-0.2, 0) is 19.6 Å². The lowest BCUT2D eigenvalue weighted by molar-refractivity contribution is -0.929. The molecule has 0 amide bonds. The maximum Gasteiger partial charge on any atom is 0.102 e. The summed E-state index contributed by atoms with van der Waals surface area (Å²) < 4.78 is 44.8. The topological polar surface area (TPSA) is 75.7 Å². The number of hydrogen-bond acceptors (Lipinski definition) is 5. The first-order valence-electron chi connectivity index (χ1n) is 10.7. The van der Waals surface area contributed by atoms with Crippen molar-refractivity contribution >= 4 is 10.1 Å². The fraction of sp³-hybridized carbons (Fsp3) is 1.00. The molecular weight excluding hydrogens is 366 g/mol. The van der Waals surface area contributed by atoms with Crippen molar-refractivity contribution in [1.82, 2.24) is 0 Å². The third-order valence-corrected chi connectivity index (χ3v) is 5.93. The SMILES string of the molecule is CCCCCC[N+](CCCCCC)(CCCS(=O)(=O)[O-])CCOCCOC. The van der Waals surface area contributed by atoms with Crippen molar-refractivity contribution in [3.63, 3.8) is 0 Å². The van der Waals surface area contributed by atoms with Gasteiger partial charge in [0.2, 0.25) is 0 Å². The molecule has 0 saturated carbocycles. The lowest BCUT2D eigenvalue weighted by atomic mass is 10.1. The van der Waals surface area contributed by atoms with Gasteiger partial charge in [0.15, 0.2) is 0 Å². The van der Waals surface area contributed by atoms with Crippen LogP contribution in [0.1, 0.15) is 71.6 Å². The van der Waals surface area contributed by atoms with Gasteiger partial charge in [0.25, 0.3) is 0 Å². The molecule has 0 rings (SSSR count). The molecule has 0 aromatic rings. The highest BCUT2D eigenvalue weighted by Gasteiger charge is 2.26. The molecule has 0 aliphatic carbocycles. The van der Waals surface area contributed by atoms with Crippen LogP contribution in [0.3, 0.4) is 0 Å². The van der Waals surface area contributed by atoms with Crippen LogP contribution < -0.4 is 0 Å². The summed E-state index contributed by atoms with van der Waals surface area (Å²) in [5.74, 6) is -0.262. The van der Waals surface area contributed by atoms with Gasteiger partial charge in [-0.2, -0.15) is 0 Å². The van der Waals surface area contributed by atoms with Crippen molar-refractivity contribution in [3.8, 4) is 0 Å². The van der Waals surface area contributed by atoms with Gasteiger partial charge in [-0.3, -0.25) is 0 Å². The number of ether oxygens (including phenoxy) is 2. The Morgan fingerprint density at radius 1 is 0.741 bits per heavy atom. The van der Waals surface area contributed by atoms with E-state index < -0.39 is 10.1 Å². The smallest absolute Gasteiger partial charge is 0.102 e. The lowest BCUT2D eigenvalue weighted by Gasteiger charge is -2.39. The van der Waals surface area contributed by atoms with Crippen LogP contribution in [0, 0.1) is 0 Å². The van der Waals surface area contributed by atoms with E-state index in [1.807, 2.05) is 0 Å². The van der Waals surface area contributed by atoms with Gasteiger partial charge in [0, 0.05) is 19.3 Å². The summed E-state index contributed by atoms with van der Waals surface area (Å²) in [6.45, 7) is 9.92. The van der Waals surface area contributed by atoms with E-state index in [-0.39, 0.29) is 5.75 Å². The van der Waals surface area contributed by atoms with Crippen molar-refractivity contribution in [2.24, 2.45) is 0 Å². The Kier molecular flexibility index (Phi) is 16.6. The number of nitrogens with zero attached hydrogens (tertiary/aromatic N) is 1. The maximum absolute atomic E-state index is 11.0. The number of methoxy groups -OCH3 is 1. The molecule has 0 bridgehead atoms. The minimum absolute atomic E-state index is 0.262. The van der Waals surface area contributed by atoms with Gasteiger partial charge in [-0.1, -0.05) is 39.5 Å². The molecule has 0 aliphatic heterocycles. The van der Waals surface area contributed by atoms with Crippen LogP contribution in [-0.4, -0.2) is 76.3 Å². The van der Waals surface area contributed by atoms with Gasteiger partial charge < -0.3 is 18.5 Å². The molecule has 0 aromatic carbocycles. The molecule has 0 saturated heterocycles. The molecule has 0 aromatic heterocycles. The normalized spacial score (nSPS) is 12.6. The lowest BCUT2D eigenvalue weighted by Crippen LogP contribution is -2.52. The summed E-state index contributed by atoms with van der Waals surface area (Å²) in [5.41, 5.74) is 0. The van der Waals surface area contributed by atoms with Gasteiger partial charge in [0.05, 0.1) is 49.6 Å². The van der Waals surface area contributed by atoms with E-state index in [4.69, 9.17) is 9.47 Å². The minimum atomic E-state index is -4.15. The zero-order valence-electron chi connectivity index (χ0n) is 17.9. The maximum atomic E-state index is 11.0. The Balaban J connectivity index is 4.84. The Hall–Kier alpha value is -0.210. The van der Waals surface area contributed by atoms with Gasteiger partial charge in [-0.25, -0.2) is 8.42 Å². The van der Waals surface area contributed by atoms with Gasteiger partial charge in [-0.05, 0) is 25.7 Å². The van der Waals surface area contributed by atoms with Gasteiger partial charge in [0.1, 0.15) is 6.54 Å². The molecular formula is C20H43NO5S. The zero-order valence-corrected chi connectivity index (χ0v) is 18.7. The molecule has 27 heavy (non-hydrogen) atoms. The summed E-state index contributed by atoms with van der Waals surface area (Å²) in [6.07, 6.45) is 9.99. The Morgan fingerprint density at radius 3 is 1.78 bits per heavy atom. The minimum Gasteiger partial charge on any atom is -0.748 e. The summed E-state index contributed by atoms with van der Waals surface area (Å²) in [4.78, 5) is 0. The van der Waals surface area contributed by atoms with E-state index in [0.717, 1.165) is 43.5 Å². The molecule has 0 N–H and O–H groups in total. The fourth-order valence-electron chi connectivity index (χ4n) is 3.50. The van der Waals surface area contributed by atoms with Crippen molar-refractivity contribution in [1.29, 1.82) is 0 Å². The van der Waals surface area contributed by atoms with Crippen LogP contribution in [0.5, 0.6) is 0 Å². The van der Waals surface area contributed by atoms with Crippen molar-refractivity contribution < 1.29 is 26.9 Å². The quantitative estimate of drug-likeness (QED) is 0.175. The first-order valence-corrected chi connectivity index (χ1v) is 12.3. The van der Waals surface area contributed by atoms with Crippen molar-refractivity contribution in [2.45, 2.75) is 71.6 Å². The number of hydrogen-bond donors (Lipinski definition) is 0. The van der Waals surface area contributed by atoms with Crippen LogP contribution in [0.25, 0.3) is 0 Å². The zero-order chi connectivity index (χ0) is 20.4. The first kappa shape index (κ1) is 26.8. The van der Waals surface area contributed by atoms with Gasteiger partial charge in [-0.15, -0.1) is 0 Å². The highest BCUT2D eigenvalue weighted by Crippen LogP contribution is 2.16. The average Bonchev–Trinajstić information content (AvgIpc) is 2.61. The predicted molar refractivity (Wildman–Crippen MR) is 110 cm³/mol. The standard InChI is InChI=1S/C20H43NO5S/c1-4-6-8-10-13-21(14-11-9-7-5-2,15-12-20-27(22,23)24)16-17-26-19-18-25-3/h4-20H2,1-3H3. The van der Waals surface area contributed by atoms with Crippen LogP contribution >= 0.6 is 0 Å². The molecule has 0 aliphatic rings. The third kappa shape index (κ3) is 16.4. The molecule has 0 fully saturated rings. The molecule has 0 radical (unpaired) electrons. The van der Waals surface area contributed by atoms with Crippen LogP contribution in [0.15, 0.2) is 0 Å². The van der Waals surface area contributed by atoms with Crippen LogP contribution in [0.2, 0.25) is 0 Å². The Labute approximate surface area is 167 Å². The fourth-order valence-corrected chi connectivity index (χ4v) is 3.98. The second kappa shape index (κ2) is 16.7.